The fourth-order valence-electron chi connectivity index (χ4n) is 2.56. The predicted molar refractivity (Wildman–Crippen MR) is 65.1 cm³/mol. The van der Waals surface area contributed by atoms with E-state index in [9.17, 15) is 5.26 Å². The van der Waals surface area contributed by atoms with Gasteiger partial charge in [0.05, 0.1) is 6.07 Å². The minimum atomic E-state index is -1.60. The first-order valence-electron chi connectivity index (χ1n) is 6.27. The molecule has 0 unspecified atom stereocenters. The molecule has 0 spiro atoms. The molecule has 1 rings (SSSR count). The normalized spacial score (nSPS) is 20.1. The van der Waals surface area contributed by atoms with E-state index in [0.29, 0.717) is 0 Å². The van der Waals surface area contributed by atoms with Gasteiger partial charge >= 0.3 is 0 Å². The summed E-state index contributed by atoms with van der Waals surface area (Å²) >= 11 is 0. The molecule has 0 radical (unpaired) electrons. The molecular formula is C12H23NOSi. The van der Waals surface area contributed by atoms with E-state index in [2.05, 4.69) is 26.8 Å². The first kappa shape index (κ1) is 12.7. The molecule has 0 amide bonds. The van der Waals surface area contributed by atoms with Crippen LogP contribution in [0.15, 0.2) is 0 Å². The van der Waals surface area contributed by atoms with Crippen LogP contribution < -0.4 is 0 Å². The van der Waals surface area contributed by atoms with Gasteiger partial charge in [0, 0.05) is 0 Å². The fourth-order valence-corrected chi connectivity index (χ4v) is 5.58. The quantitative estimate of drug-likeness (QED) is 0.666. The van der Waals surface area contributed by atoms with Crippen LogP contribution in [0.4, 0.5) is 0 Å². The molecule has 0 atom stereocenters. The molecule has 0 aromatic carbocycles. The molecule has 0 aromatic heterocycles. The summed E-state index contributed by atoms with van der Waals surface area (Å²) < 4.78 is 6.36. The van der Waals surface area contributed by atoms with Gasteiger partial charge in [0.1, 0.15) is 5.60 Å². The van der Waals surface area contributed by atoms with Gasteiger partial charge in [0.15, 0.2) is 8.32 Å². The molecular weight excluding hydrogens is 202 g/mol. The predicted octanol–water partition coefficient (Wildman–Crippen LogP) is 3.84. The van der Waals surface area contributed by atoms with Gasteiger partial charge in [-0.25, -0.2) is 0 Å². The summed E-state index contributed by atoms with van der Waals surface area (Å²) in [6.45, 7) is 6.66. The SMILES string of the molecule is CC[Si](CC)(CC)OC1(C#N)CCCC1. The Labute approximate surface area is 94.8 Å². The molecule has 0 bridgehead atoms. The topological polar surface area (TPSA) is 33.0 Å². The third-order valence-electron chi connectivity index (χ3n) is 3.96. The Morgan fingerprint density at radius 2 is 1.60 bits per heavy atom. The molecule has 1 aliphatic rings. The maximum absolute atomic E-state index is 9.31. The fraction of sp³-hybridized carbons (Fsp3) is 0.917. The van der Waals surface area contributed by atoms with Gasteiger partial charge in [-0.3, -0.25) is 0 Å². The standard InChI is InChI=1S/C12H23NOSi/c1-4-15(5-2,6-3)14-12(11-13)9-7-8-10-12/h4-10H2,1-3H3. The highest BCUT2D eigenvalue weighted by Crippen LogP contribution is 2.38. The highest BCUT2D eigenvalue weighted by molar-refractivity contribution is 6.73. The van der Waals surface area contributed by atoms with Crippen LogP contribution in [0.3, 0.4) is 0 Å². The summed E-state index contributed by atoms with van der Waals surface area (Å²) in [5.74, 6) is 0. The van der Waals surface area contributed by atoms with Gasteiger partial charge in [-0.2, -0.15) is 5.26 Å². The summed E-state index contributed by atoms with van der Waals surface area (Å²) in [4.78, 5) is 0. The molecule has 0 aromatic rings. The minimum absolute atomic E-state index is 0.408. The lowest BCUT2D eigenvalue weighted by Crippen LogP contribution is -2.45. The van der Waals surface area contributed by atoms with E-state index in [-0.39, 0.29) is 0 Å². The Hall–Kier alpha value is -0.333. The smallest absolute Gasteiger partial charge is 0.194 e. The van der Waals surface area contributed by atoms with Crippen molar-refractivity contribution in [2.45, 2.75) is 70.2 Å². The van der Waals surface area contributed by atoms with Crippen LogP contribution in [-0.2, 0) is 4.43 Å². The van der Waals surface area contributed by atoms with Crippen LogP contribution in [0.1, 0.15) is 46.5 Å². The van der Waals surface area contributed by atoms with Crippen molar-refractivity contribution < 1.29 is 4.43 Å². The van der Waals surface area contributed by atoms with Crippen molar-refractivity contribution in [1.82, 2.24) is 0 Å². The molecule has 15 heavy (non-hydrogen) atoms. The molecule has 0 aliphatic heterocycles. The highest BCUT2D eigenvalue weighted by atomic mass is 28.4. The lowest BCUT2D eigenvalue weighted by Gasteiger charge is -2.36. The van der Waals surface area contributed by atoms with E-state index in [1.807, 2.05) is 0 Å². The van der Waals surface area contributed by atoms with Crippen LogP contribution in [0.25, 0.3) is 0 Å². The second-order valence-corrected chi connectivity index (χ2v) is 9.35. The van der Waals surface area contributed by atoms with E-state index >= 15 is 0 Å². The van der Waals surface area contributed by atoms with Crippen LogP contribution >= 0.6 is 0 Å². The van der Waals surface area contributed by atoms with Gasteiger partial charge < -0.3 is 4.43 Å². The average Bonchev–Trinajstić information content (AvgIpc) is 2.75. The third kappa shape index (κ3) is 2.62. The molecule has 3 heteroatoms. The van der Waals surface area contributed by atoms with Crippen molar-refractivity contribution in [2.75, 3.05) is 0 Å². The number of hydrogen-bond acceptors (Lipinski definition) is 2. The van der Waals surface area contributed by atoms with Gasteiger partial charge in [-0.1, -0.05) is 20.8 Å². The monoisotopic (exact) mass is 225 g/mol. The maximum Gasteiger partial charge on any atom is 0.194 e. The number of hydrogen-bond donors (Lipinski definition) is 0. The van der Waals surface area contributed by atoms with E-state index in [0.717, 1.165) is 43.8 Å². The Balaban J connectivity index is 2.76. The Bertz CT molecular complexity index is 228. The maximum atomic E-state index is 9.31. The first-order valence-corrected chi connectivity index (χ1v) is 8.80. The molecule has 0 saturated heterocycles. The zero-order valence-corrected chi connectivity index (χ0v) is 11.3. The Morgan fingerprint density at radius 3 is 1.93 bits per heavy atom. The summed E-state index contributed by atoms with van der Waals surface area (Å²) in [7, 11) is -1.60. The molecule has 1 saturated carbocycles. The van der Waals surface area contributed by atoms with Gasteiger partial charge in [0.2, 0.25) is 0 Å². The summed E-state index contributed by atoms with van der Waals surface area (Å²) in [5, 5.41) is 9.31. The number of nitrogens with zero attached hydrogens (tertiary/aromatic N) is 1. The second kappa shape index (κ2) is 5.13. The first-order chi connectivity index (χ1) is 7.16. The van der Waals surface area contributed by atoms with Crippen molar-refractivity contribution >= 4 is 8.32 Å². The van der Waals surface area contributed by atoms with E-state index < -0.39 is 13.9 Å². The molecule has 86 valence electrons. The van der Waals surface area contributed by atoms with Crippen molar-refractivity contribution in [1.29, 1.82) is 5.26 Å². The molecule has 0 heterocycles. The average molecular weight is 225 g/mol. The molecule has 0 N–H and O–H groups in total. The summed E-state index contributed by atoms with van der Waals surface area (Å²) in [6, 6.07) is 5.88. The van der Waals surface area contributed by atoms with Crippen molar-refractivity contribution in [3.63, 3.8) is 0 Å². The Morgan fingerprint density at radius 1 is 1.13 bits per heavy atom. The lowest BCUT2D eigenvalue weighted by atomic mass is 10.1. The Kier molecular flexibility index (Phi) is 4.36. The van der Waals surface area contributed by atoms with Gasteiger partial charge in [0.25, 0.3) is 0 Å². The van der Waals surface area contributed by atoms with Crippen LogP contribution in [0, 0.1) is 11.3 Å². The second-order valence-electron chi connectivity index (χ2n) is 4.66. The lowest BCUT2D eigenvalue weighted by molar-refractivity contribution is 0.121. The van der Waals surface area contributed by atoms with E-state index in [1.165, 1.54) is 0 Å². The van der Waals surface area contributed by atoms with Crippen LogP contribution in [-0.4, -0.2) is 13.9 Å². The van der Waals surface area contributed by atoms with Crippen LogP contribution in [0.2, 0.25) is 18.1 Å². The van der Waals surface area contributed by atoms with Gasteiger partial charge in [-0.05, 0) is 43.8 Å². The molecule has 2 nitrogen and oxygen atoms in total. The molecule has 1 aliphatic carbocycles. The highest BCUT2D eigenvalue weighted by Gasteiger charge is 2.42. The van der Waals surface area contributed by atoms with Crippen LogP contribution in [0.5, 0.6) is 0 Å². The van der Waals surface area contributed by atoms with Crippen molar-refractivity contribution in [2.24, 2.45) is 0 Å². The molecule has 1 fully saturated rings. The zero-order chi connectivity index (χ0) is 11.4. The largest absolute Gasteiger partial charge is 0.399 e. The van der Waals surface area contributed by atoms with Crippen molar-refractivity contribution in [3.8, 4) is 6.07 Å². The number of rotatable bonds is 5. The number of nitriles is 1. The minimum Gasteiger partial charge on any atom is -0.399 e. The van der Waals surface area contributed by atoms with Gasteiger partial charge in [-0.15, -0.1) is 0 Å². The van der Waals surface area contributed by atoms with E-state index in [1.54, 1.807) is 0 Å². The summed E-state index contributed by atoms with van der Waals surface area (Å²) in [5.41, 5.74) is -0.408. The zero-order valence-electron chi connectivity index (χ0n) is 10.3. The summed E-state index contributed by atoms with van der Waals surface area (Å²) in [6.07, 6.45) is 4.24. The van der Waals surface area contributed by atoms with E-state index in [4.69, 9.17) is 4.43 Å². The third-order valence-corrected chi connectivity index (χ3v) is 8.65. The van der Waals surface area contributed by atoms with Crippen molar-refractivity contribution in [3.05, 3.63) is 0 Å².